The maximum absolute atomic E-state index is 13.2. The first kappa shape index (κ1) is 20.7. The van der Waals surface area contributed by atoms with E-state index in [2.05, 4.69) is 19.2 Å². The molecule has 1 fully saturated rings. The summed E-state index contributed by atoms with van der Waals surface area (Å²) in [6, 6.07) is 14.9. The number of carbonyl (C=O) groups is 2. The molecule has 0 spiro atoms. The molecule has 3 rings (SSSR count). The minimum Gasteiger partial charge on any atom is -0.490 e. The summed E-state index contributed by atoms with van der Waals surface area (Å²) in [7, 11) is 0. The first-order chi connectivity index (χ1) is 13.8. The van der Waals surface area contributed by atoms with Crippen molar-refractivity contribution >= 4 is 40.9 Å². The van der Waals surface area contributed by atoms with Gasteiger partial charge in [-0.2, -0.15) is 0 Å². The lowest BCUT2D eigenvalue weighted by molar-refractivity contribution is -0.122. The standard InChI is InChI=1S/C23H24N2O3S/c1-14(2)16-9-11-18(12-10-16)25-22(27)19(21(26)24-23(25)29)13-17-7-5-6-8-20(17)28-15(3)4/h5-15H,1-4H3,(H,24,26,29)/b19-13+. The van der Waals surface area contributed by atoms with Crippen molar-refractivity contribution in [2.75, 3.05) is 4.90 Å². The molecule has 1 heterocycles. The van der Waals surface area contributed by atoms with Crippen LogP contribution < -0.4 is 15.0 Å². The van der Waals surface area contributed by atoms with Crippen LogP contribution in [0.4, 0.5) is 5.69 Å². The van der Waals surface area contributed by atoms with Gasteiger partial charge in [0.15, 0.2) is 5.11 Å². The highest BCUT2D eigenvalue weighted by Crippen LogP contribution is 2.27. The molecule has 0 aliphatic carbocycles. The van der Waals surface area contributed by atoms with Crippen molar-refractivity contribution in [3.8, 4) is 5.75 Å². The number of hydrogen-bond donors (Lipinski definition) is 1. The Labute approximate surface area is 176 Å². The third kappa shape index (κ3) is 4.54. The predicted octanol–water partition coefficient (Wildman–Crippen LogP) is 4.43. The van der Waals surface area contributed by atoms with E-state index in [9.17, 15) is 9.59 Å². The molecular formula is C23H24N2O3S. The van der Waals surface area contributed by atoms with E-state index < -0.39 is 11.8 Å². The average Bonchev–Trinajstić information content (AvgIpc) is 2.66. The molecular weight excluding hydrogens is 384 g/mol. The first-order valence-corrected chi connectivity index (χ1v) is 9.96. The number of ether oxygens (including phenoxy) is 1. The third-order valence-electron chi connectivity index (χ3n) is 4.50. The van der Waals surface area contributed by atoms with Gasteiger partial charge in [0.05, 0.1) is 11.8 Å². The molecule has 2 amide bonds. The van der Waals surface area contributed by atoms with Crippen molar-refractivity contribution in [2.45, 2.75) is 39.7 Å². The minimum atomic E-state index is -0.519. The molecule has 150 valence electrons. The van der Waals surface area contributed by atoms with Gasteiger partial charge in [0.1, 0.15) is 11.3 Å². The second kappa shape index (κ2) is 8.57. The summed E-state index contributed by atoms with van der Waals surface area (Å²) in [5.41, 5.74) is 2.43. The van der Waals surface area contributed by atoms with Gasteiger partial charge in [-0.3, -0.25) is 19.8 Å². The predicted molar refractivity (Wildman–Crippen MR) is 119 cm³/mol. The average molecular weight is 409 g/mol. The van der Waals surface area contributed by atoms with Gasteiger partial charge in [0.2, 0.25) is 0 Å². The highest BCUT2D eigenvalue weighted by molar-refractivity contribution is 7.80. The van der Waals surface area contributed by atoms with Gasteiger partial charge >= 0.3 is 0 Å². The van der Waals surface area contributed by atoms with Crippen molar-refractivity contribution < 1.29 is 14.3 Å². The maximum Gasteiger partial charge on any atom is 0.270 e. The zero-order valence-electron chi connectivity index (χ0n) is 16.9. The summed E-state index contributed by atoms with van der Waals surface area (Å²) >= 11 is 5.27. The summed E-state index contributed by atoms with van der Waals surface area (Å²) in [6.07, 6.45) is 1.51. The van der Waals surface area contributed by atoms with Crippen molar-refractivity contribution in [1.82, 2.24) is 5.32 Å². The van der Waals surface area contributed by atoms with E-state index in [1.807, 2.05) is 56.3 Å². The summed E-state index contributed by atoms with van der Waals surface area (Å²) in [4.78, 5) is 27.0. The zero-order valence-corrected chi connectivity index (χ0v) is 17.7. The van der Waals surface area contributed by atoms with Crippen molar-refractivity contribution in [2.24, 2.45) is 0 Å². The maximum atomic E-state index is 13.2. The molecule has 1 saturated heterocycles. The molecule has 0 aromatic heterocycles. The zero-order chi connectivity index (χ0) is 21.1. The number of thiocarbonyl (C=S) groups is 1. The van der Waals surface area contributed by atoms with Gasteiger partial charge in [-0.25, -0.2) is 0 Å². The second-order valence-corrected chi connectivity index (χ2v) is 7.80. The second-order valence-electron chi connectivity index (χ2n) is 7.41. The Morgan fingerprint density at radius 3 is 2.28 bits per heavy atom. The molecule has 5 nitrogen and oxygen atoms in total. The molecule has 0 atom stereocenters. The van der Waals surface area contributed by atoms with Crippen molar-refractivity contribution in [3.05, 3.63) is 65.2 Å². The number of carbonyl (C=O) groups excluding carboxylic acids is 2. The van der Waals surface area contributed by atoms with Crippen molar-refractivity contribution in [1.29, 1.82) is 0 Å². The van der Waals surface area contributed by atoms with Gasteiger partial charge in [-0.05, 0) is 61.8 Å². The number of nitrogens with one attached hydrogen (secondary N) is 1. The lowest BCUT2D eigenvalue weighted by Gasteiger charge is -2.29. The van der Waals surface area contributed by atoms with E-state index in [0.29, 0.717) is 22.9 Å². The summed E-state index contributed by atoms with van der Waals surface area (Å²) < 4.78 is 5.80. The van der Waals surface area contributed by atoms with Gasteiger partial charge in [-0.15, -0.1) is 0 Å². The Hall–Kier alpha value is -2.99. The van der Waals surface area contributed by atoms with Gasteiger partial charge in [0.25, 0.3) is 11.8 Å². The number of rotatable bonds is 5. The molecule has 0 radical (unpaired) electrons. The van der Waals surface area contributed by atoms with E-state index in [0.717, 1.165) is 5.56 Å². The van der Waals surface area contributed by atoms with E-state index in [1.165, 1.54) is 4.90 Å². The molecule has 6 heteroatoms. The van der Waals surface area contributed by atoms with Crippen LogP contribution in [0.2, 0.25) is 0 Å². The van der Waals surface area contributed by atoms with Crippen molar-refractivity contribution in [3.63, 3.8) is 0 Å². The molecule has 0 unspecified atom stereocenters. The molecule has 2 aromatic rings. The highest BCUT2D eigenvalue weighted by Gasteiger charge is 2.34. The summed E-state index contributed by atoms with van der Waals surface area (Å²) in [5.74, 6) is 0.00191. The number of nitrogens with zero attached hydrogens (tertiary/aromatic N) is 1. The molecule has 1 aliphatic heterocycles. The highest BCUT2D eigenvalue weighted by atomic mass is 32.1. The van der Waals surface area contributed by atoms with Crippen LogP contribution in [0.15, 0.2) is 54.1 Å². The van der Waals surface area contributed by atoms with E-state index in [4.69, 9.17) is 17.0 Å². The lowest BCUT2D eigenvalue weighted by Crippen LogP contribution is -2.54. The van der Waals surface area contributed by atoms with Crippen LogP contribution in [0.25, 0.3) is 6.08 Å². The van der Waals surface area contributed by atoms with Crippen LogP contribution in [-0.4, -0.2) is 23.0 Å². The summed E-state index contributed by atoms with van der Waals surface area (Å²) in [5, 5.41) is 2.69. The largest absolute Gasteiger partial charge is 0.490 e. The fraction of sp³-hybridized carbons (Fsp3) is 0.261. The molecule has 1 aliphatic rings. The monoisotopic (exact) mass is 408 g/mol. The lowest BCUT2D eigenvalue weighted by atomic mass is 10.0. The number of hydrogen-bond acceptors (Lipinski definition) is 4. The molecule has 1 N–H and O–H groups in total. The SMILES string of the molecule is CC(C)Oc1ccccc1/C=C1\C(=O)NC(=S)N(c2ccc(C(C)C)cc2)C1=O. The first-order valence-electron chi connectivity index (χ1n) is 9.55. The minimum absolute atomic E-state index is 0.00587. The van der Waals surface area contributed by atoms with Crippen LogP contribution in [0.1, 0.15) is 44.7 Å². The molecule has 29 heavy (non-hydrogen) atoms. The quantitative estimate of drug-likeness (QED) is 0.452. The smallest absolute Gasteiger partial charge is 0.270 e. The van der Waals surface area contributed by atoms with Crippen LogP contribution >= 0.6 is 12.2 Å². The van der Waals surface area contributed by atoms with E-state index in [1.54, 1.807) is 12.1 Å². The van der Waals surface area contributed by atoms with Gasteiger partial charge in [-0.1, -0.05) is 44.2 Å². The Morgan fingerprint density at radius 2 is 1.66 bits per heavy atom. The number of anilines is 1. The van der Waals surface area contributed by atoms with E-state index >= 15 is 0 Å². The number of para-hydroxylation sites is 1. The van der Waals surface area contributed by atoms with Gasteiger partial charge < -0.3 is 4.74 Å². The van der Waals surface area contributed by atoms with Crippen LogP contribution in [0.5, 0.6) is 5.75 Å². The van der Waals surface area contributed by atoms with Crippen LogP contribution in [0, 0.1) is 0 Å². The topological polar surface area (TPSA) is 58.6 Å². The van der Waals surface area contributed by atoms with Crippen LogP contribution in [-0.2, 0) is 9.59 Å². The fourth-order valence-electron chi connectivity index (χ4n) is 3.02. The molecule has 0 bridgehead atoms. The molecule has 2 aromatic carbocycles. The summed E-state index contributed by atoms with van der Waals surface area (Å²) in [6.45, 7) is 8.04. The fourth-order valence-corrected chi connectivity index (χ4v) is 3.30. The third-order valence-corrected chi connectivity index (χ3v) is 4.79. The van der Waals surface area contributed by atoms with Gasteiger partial charge in [0, 0.05) is 5.56 Å². The Bertz CT molecular complexity index is 978. The Kier molecular flexibility index (Phi) is 6.13. The van der Waals surface area contributed by atoms with Crippen LogP contribution in [0.3, 0.4) is 0 Å². The number of benzene rings is 2. The molecule has 0 saturated carbocycles. The Morgan fingerprint density at radius 1 is 1.00 bits per heavy atom. The Balaban J connectivity index is 1.98. The normalized spacial score (nSPS) is 16.0. The van der Waals surface area contributed by atoms with E-state index in [-0.39, 0.29) is 16.8 Å². The number of amides is 2.